The van der Waals surface area contributed by atoms with Crippen LogP contribution in [0.4, 0.5) is 0 Å². The maximum Gasteiger partial charge on any atom is 0.237 e. The molecular weight excluding hydrogens is 348 g/mol. The van der Waals surface area contributed by atoms with E-state index in [0.717, 1.165) is 31.8 Å². The van der Waals surface area contributed by atoms with Crippen molar-refractivity contribution in [2.24, 2.45) is 0 Å². The third-order valence-corrected chi connectivity index (χ3v) is 7.19. The molecule has 0 bridgehead atoms. The van der Waals surface area contributed by atoms with Crippen molar-refractivity contribution in [3.63, 3.8) is 0 Å². The van der Waals surface area contributed by atoms with Crippen LogP contribution in [0, 0.1) is 0 Å². The number of amides is 1. The molecule has 1 aliphatic heterocycles. The number of piperazine rings is 1. The number of rotatable bonds is 6. The van der Waals surface area contributed by atoms with E-state index in [1.54, 1.807) is 7.11 Å². The Morgan fingerprint density at radius 2 is 1.93 bits per heavy atom. The van der Waals surface area contributed by atoms with Crippen LogP contribution in [0.5, 0.6) is 5.75 Å². The lowest BCUT2D eigenvalue weighted by Crippen LogP contribution is -2.54. The van der Waals surface area contributed by atoms with Gasteiger partial charge in [0.25, 0.3) is 0 Å². The van der Waals surface area contributed by atoms with E-state index in [4.69, 9.17) is 4.74 Å². The predicted octanol–water partition coefficient (Wildman–Crippen LogP) is 4.37. The number of nitrogens with zero attached hydrogens (tertiary/aromatic N) is 2. The molecule has 4 rings (SSSR count). The highest BCUT2D eigenvalue weighted by Crippen LogP contribution is 2.38. The highest BCUT2D eigenvalue weighted by molar-refractivity contribution is 5.79. The van der Waals surface area contributed by atoms with E-state index in [0.29, 0.717) is 24.4 Å². The topological polar surface area (TPSA) is 32.8 Å². The first-order valence-corrected chi connectivity index (χ1v) is 11.4. The maximum atomic E-state index is 12.7. The van der Waals surface area contributed by atoms with Crippen LogP contribution in [0.25, 0.3) is 0 Å². The quantitative estimate of drug-likeness (QED) is 0.730. The molecule has 0 radical (unpaired) electrons. The third-order valence-electron chi connectivity index (χ3n) is 7.19. The van der Waals surface area contributed by atoms with Crippen LogP contribution in [0.2, 0.25) is 0 Å². The van der Waals surface area contributed by atoms with Crippen molar-refractivity contribution in [2.45, 2.75) is 76.2 Å². The van der Waals surface area contributed by atoms with Gasteiger partial charge in [-0.3, -0.25) is 9.69 Å². The molecule has 2 fully saturated rings. The minimum Gasteiger partial charge on any atom is -0.496 e. The number of methoxy groups -OCH3 is 1. The summed E-state index contributed by atoms with van der Waals surface area (Å²) in [5.74, 6) is 2.08. The number of hydrogen-bond donors (Lipinski definition) is 0. The molecule has 2 aliphatic carbocycles. The standard InChI is InChI=1S/C24H36N2O2/c1-28-23-14-6-12-21-19(8-5-13-22(21)23)9-7-15-25-16-17-26(24(27)18-25)20-10-3-2-4-11-20/h6,12,14,19-20H,2-5,7-11,13,15-18H2,1H3. The zero-order valence-corrected chi connectivity index (χ0v) is 17.5. The summed E-state index contributed by atoms with van der Waals surface area (Å²) in [6.07, 6.45) is 12.5. The van der Waals surface area contributed by atoms with Gasteiger partial charge < -0.3 is 9.64 Å². The molecule has 3 aliphatic rings. The number of ether oxygens (including phenoxy) is 1. The summed E-state index contributed by atoms with van der Waals surface area (Å²) in [7, 11) is 1.78. The van der Waals surface area contributed by atoms with Gasteiger partial charge in [0.05, 0.1) is 13.7 Å². The lowest BCUT2D eigenvalue weighted by Gasteiger charge is -2.40. The molecule has 1 heterocycles. The number of hydrogen-bond acceptors (Lipinski definition) is 3. The minimum atomic E-state index is 0.367. The molecule has 0 spiro atoms. The molecule has 1 aromatic rings. The van der Waals surface area contributed by atoms with E-state index < -0.39 is 0 Å². The van der Waals surface area contributed by atoms with Gasteiger partial charge in [0.2, 0.25) is 5.91 Å². The second-order valence-corrected chi connectivity index (χ2v) is 8.91. The molecule has 1 saturated carbocycles. The number of carbonyl (C=O) groups is 1. The summed E-state index contributed by atoms with van der Waals surface area (Å²) < 4.78 is 5.58. The lowest BCUT2D eigenvalue weighted by molar-refractivity contribution is -0.139. The molecule has 1 aromatic carbocycles. The zero-order valence-electron chi connectivity index (χ0n) is 17.5. The van der Waals surface area contributed by atoms with Gasteiger partial charge in [-0.2, -0.15) is 0 Å². The number of carbonyl (C=O) groups excluding carboxylic acids is 1. The van der Waals surface area contributed by atoms with E-state index in [2.05, 4.69) is 28.0 Å². The molecule has 28 heavy (non-hydrogen) atoms. The Kier molecular flexibility index (Phi) is 6.56. The minimum absolute atomic E-state index is 0.367. The molecule has 0 N–H and O–H groups in total. The van der Waals surface area contributed by atoms with Crippen LogP contribution in [-0.2, 0) is 11.2 Å². The Morgan fingerprint density at radius 3 is 2.71 bits per heavy atom. The van der Waals surface area contributed by atoms with Crippen molar-refractivity contribution < 1.29 is 9.53 Å². The fourth-order valence-electron chi connectivity index (χ4n) is 5.67. The Labute approximate surface area is 170 Å². The molecule has 1 unspecified atom stereocenters. The predicted molar refractivity (Wildman–Crippen MR) is 113 cm³/mol. The van der Waals surface area contributed by atoms with Crippen molar-refractivity contribution >= 4 is 5.91 Å². The summed E-state index contributed by atoms with van der Waals surface area (Å²) >= 11 is 0. The van der Waals surface area contributed by atoms with Crippen molar-refractivity contribution in [1.29, 1.82) is 0 Å². The fraction of sp³-hybridized carbons (Fsp3) is 0.708. The Hall–Kier alpha value is -1.55. The molecule has 4 nitrogen and oxygen atoms in total. The first kappa shape index (κ1) is 19.8. The summed E-state index contributed by atoms with van der Waals surface area (Å²) in [4.78, 5) is 17.3. The second kappa shape index (κ2) is 9.30. The van der Waals surface area contributed by atoms with Gasteiger partial charge in [0.1, 0.15) is 5.75 Å². The van der Waals surface area contributed by atoms with Crippen LogP contribution in [0.3, 0.4) is 0 Å². The van der Waals surface area contributed by atoms with Gasteiger partial charge in [-0.15, -0.1) is 0 Å². The Morgan fingerprint density at radius 1 is 1.07 bits per heavy atom. The molecule has 1 amide bonds. The first-order valence-electron chi connectivity index (χ1n) is 11.4. The van der Waals surface area contributed by atoms with Crippen LogP contribution < -0.4 is 4.74 Å². The molecule has 1 saturated heterocycles. The van der Waals surface area contributed by atoms with E-state index in [1.807, 2.05) is 0 Å². The smallest absolute Gasteiger partial charge is 0.237 e. The molecule has 4 heteroatoms. The summed E-state index contributed by atoms with van der Waals surface area (Å²) in [5, 5.41) is 0. The summed E-state index contributed by atoms with van der Waals surface area (Å²) in [5.41, 5.74) is 2.93. The average molecular weight is 385 g/mol. The maximum absolute atomic E-state index is 12.7. The molecule has 1 atom stereocenters. The molecule has 154 valence electrons. The highest BCUT2D eigenvalue weighted by Gasteiger charge is 2.30. The van der Waals surface area contributed by atoms with E-state index in [9.17, 15) is 4.79 Å². The fourth-order valence-corrected chi connectivity index (χ4v) is 5.67. The highest BCUT2D eigenvalue weighted by atomic mass is 16.5. The van der Waals surface area contributed by atoms with Crippen LogP contribution in [0.15, 0.2) is 18.2 Å². The molecular formula is C24H36N2O2. The van der Waals surface area contributed by atoms with Crippen molar-refractivity contribution in [2.75, 3.05) is 33.3 Å². The normalized spacial score (nSPS) is 24.2. The average Bonchev–Trinajstić information content (AvgIpc) is 2.74. The SMILES string of the molecule is COc1cccc2c1CCCC2CCCN1CCN(C2CCCCC2)C(=O)C1. The van der Waals surface area contributed by atoms with Crippen LogP contribution in [-0.4, -0.2) is 55.0 Å². The van der Waals surface area contributed by atoms with Crippen LogP contribution in [0.1, 0.15) is 74.8 Å². The van der Waals surface area contributed by atoms with E-state index in [1.165, 1.54) is 68.9 Å². The van der Waals surface area contributed by atoms with Gasteiger partial charge in [-0.05, 0) is 74.6 Å². The zero-order chi connectivity index (χ0) is 19.3. The lowest BCUT2D eigenvalue weighted by atomic mass is 9.80. The van der Waals surface area contributed by atoms with Crippen molar-refractivity contribution in [1.82, 2.24) is 9.80 Å². The van der Waals surface area contributed by atoms with Gasteiger partial charge >= 0.3 is 0 Å². The van der Waals surface area contributed by atoms with Gasteiger partial charge in [0, 0.05) is 19.1 Å². The Bertz CT molecular complexity index is 669. The third kappa shape index (κ3) is 4.37. The monoisotopic (exact) mass is 384 g/mol. The Balaban J connectivity index is 1.26. The van der Waals surface area contributed by atoms with Crippen molar-refractivity contribution in [3.05, 3.63) is 29.3 Å². The van der Waals surface area contributed by atoms with Gasteiger partial charge in [-0.1, -0.05) is 31.4 Å². The second-order valence-electron chi connectivity index (χ2n) is 8.91. The van der Waals surface area contributed by atoms with Crippen molar-refractivity contribution in [3.8, 4) is 5.75 Å². The number of benzene rings is 1. The van der Waals surface area contributed by atoms with Crippen LogP contribution >= 0.6 is 0 Å². The first-order chi connectivity index (χ1) is 13.8. The van der Waals surface area contributed by atoms with Gasteiger partial charge in [0.15, 0.2) is 0 Å². The largest absolute Gasteiger partial charge is 0.496 e. The summed E-state index contributed by atoms with van der Waals surface area (Å²) in [6, 6.07) is 7.06. The molecule has 0 aromatic heterocycles. The van der Waals surface area contributed by atoms with Gasteiger partial charge in [-0.25, -0.2) is 0 Å². The number of fused-ring (bicyclic) bond motifs is 1. The van der Waals surface area contributed by atoms with E-state index in [-0.39, 0.29) is 0 Å². The van der Waals surface area contributed by atoms with E-state index >= 15 is 0 Å². The summed E-state index contributed by atoms with van der Waals surface area (Å²) in [6.45, 7) is 3.68.